The lowest BCUT2D eigenvalue weighted by atomic mass is 10.1. The minimum absolute atomic E-state index is 0.000670. The molecule has 0 spiro atoms. The maximum atomic E-state index is 13.7. The van der Waals surface area contributed by atoms with Crippen LogP contribution in [0.3, 0.4) is 0 Å². The van der Waals surface area contributed by atoms with Gasteiger partial charge in [-0.05, 0) is 53.6 Å². The van der Waals surface area contributed by atoms with E-state index in [0.717, 1.165) is 4.68 Å². The molecule has 2 N–H and O–H groups in total. The van der Waals surface area contributed by atoms with Gasteiger partial charge in [0, 0.05) is 17.8 Å². The molecule has 17 heteroatoms. The van der Waals surface area contributed by atoms with Crippen LogP contribution in [0.25, 0.3) is 5.82 Å². The molecule has 11 nitrogen and oxygen atoms in total. The number of alkyl halides is 3. The Labute approximate surface area is 261 Å². The van der Waals surface area contributed by atoms with Crippen molar-refractivity contribution in [3.05, 3.63) is 110 Å². The summed E-state index contributed by atoms with van der Waals surface area (Å²) in [5, 5.41) is 20.2. The fraction of sp³-hybridized carbons (Fsp3) is 0.148. The molecule has 226 valence electrons. The van der Waals surface area contributed by atoms with E-state index < -0.39 is 23.8 Å². The minimum atomic E-state index is -4.80. The summed E-state index contributed by atoms with van der Waals surface area (Å²) in [7, 11) is 0. The molecule has 2 aromatic carbocycles. The van der Waals surface area contributed by atoms with E-state index in [0.29, 0.717) is 20.9 Å². The summed E-state index contributed by atoms with van der Waals surface area (Å²) in [6.45, 7) is 1.40. The molecule has 5 rings (SSSR count). The van der Waals surface area contributed by atoms with E-state index in [1.165, 1.54) is 24.4 Å². The van der Waals surface area contributed by atoms with Crippen molar-refractivity contribution in [1.29, 1.82) is 0 Å². The van der Waals surface area contributed by atoms with Gasteiger partial charge in [0.25, 0.3) is 17.6 Å². The molecule has 5 aromatic rings. The number of amides is 2. The van der Waals surface area contributed by atoms with Gasteiger partial charge in [-0.3, -0.25) is 9.59 Å². The second-order valence-electron chi connectivity index (χ2n) is 9.23. The first-order valence-electron chi connectivity index (χ1n) is 12.6. The van der Waals surface area contributed by atoms with Crippen molar-refractivity contribution in [2.24, 2.45) is 0 Å². The van der Waals surface area contributed by atoms with Crippen LogP contribution in [0.4, 0.5) is 18.9 Å². The van der Waals surface area contributed by atoms with Gasteiger partial charge in [0.1, 0.15) is 12.2 Å². The molecule has 44 heavy (non-hydrogen) atoms. The Balaban J connectivity index is 1.48. The molecule has 0 aliphatic carbocycles. The number of rotatable bonds is 8. The van der Waals surface area contributed by atoms with E-state index in [-0.39, 0.29) is 51.6 Å². The van der Waals surface area contributed by atoms with E-state index in [1.54, 1.807) is 43.3 Å². The minimum Gasteiger partial charge on any atom is -0.348 e. The molecule has 0 atom stereocenters. The third-order valence-corrected chi connectivity index (χ3v) is 7.15. The number of aryl methyl sites for hydroxylation is 1. The molecular weight excluding hydrogens is 646 g/mol. The summed E-state index contributed by atoms with van der Waals surface area (Å²) in [4.78, 5) is 31.9. The van der Waals surface area contributed by atoms with Crippen LogP contribution in [0.15, 0.2) is 60.8 Å². The number of halogens is 6. The molecular formula is C27H19Cl3F3N9O2. The van der Waals surface area contributed by atoms with Gasteiger partial charge in [-0.25, -0.2) is 9.67 Å². The average molecular weight is 665 g/mol. The van der Waals surface area contributed by atoms with Gasteiger partial charge in [-0.2, -0.15) is 23.1 Å². The first-order chi connectivity index (χ1) is 20.9. The number of nitrogens with zero attached hydrogens (tertiary/aromatic N) is 7. The highest BCUT2D eigenvalue weighted by Crippen LogP contribution is 2.30. The van der Waals surface area contributed by atoms with Gasteiger partial charge in [0.05, 0.1) is 27.0 Å². The Morgan fingerprint density at radius 1 is 0.932 bits per heavy atom. The second kappa shape index (κ2) is 12.6. The van der Waals surface area contributed by atoms with Crippen LogP contribution in [0.5, 0.6) is 0 Å². The first-order valence-corrected chi connectivity index (χ1v) is 13.7. The van der Waals surface area contributed by atoms with Crippen LogP contribution >= 0.6 is 34.8 Å². The lowest BCUT2D eigenvalue weighted by molar-refractivity contribution is -0.145. The lowest BCUT2D eigenvalue weighted by Gasteiger charge is -2.16. The number of aromatic nitrogens is 7. The Hall–Kier alpha value is -4.53. The summed E-state index contributed by atoms with van der Waals surface area (Å²) in [5.74, 6) is -2.69. The van der Waals surface area contributed by atoms with Gasteiger partial charge < -0.3 is 10.6 Å². The van der Waals surface area contributed by atoms with Gasteiger partial charge in [0.2, 0.25) is 0 Å². The van der Waals surface area contributed by atoms with E-state index in [1.807, 2.05) is 0 Å². The van der Waals surface area contributed by atoms with E-state index in [9.17, 15) is 22.8 Å². The molecule has 3 aromatic heterocycles. The number of hydrogen-bond donors (Lipinski definition) is 2. The van der Waals surface area contributed by atoms with Crippen molar-refractivity contribution in [3.63, 3.8) is 0 Å². The Bertz CT molecular complexity index is 1870. The summed E-state index contributed by atoms with van der Waals surface area (Å²) in [6, 6.07) is 14.5. The van der Waals surface area contributed by atoms with Gasteiger partial charge in [-0.1, -0.05) is 59.1 Å². The Kier molecular flexibility index (Phi) is 8.85. The molecule has 2 amide bonds. The van der Waals surface area contributed by atoms with Crippen LogP contribution in [0.2, 0.25) is 15.1 Å². The molecule has 0 bridgehead atoms. The second-order valence-corrected chi connectivity index (χ2v) is 10.4. The monoisotopic (exact) mass is 663 g/mol. The van der Waals surface area contributed by atoms with Crippen LogP contribution in [-0.4, -0.2) is 46.8 Å². The van der Waals surface area contributed by atoms with E-state index >= 15 is 0 Å². The molecule has 0 aliphatic rings. The summed E-state index contributed by atoms with van der Waals surface area (Å²) in [6.07, 6.45) is -3.38. The zero-order valence-corrected chi connectivity index (χ0v) is 24.7. The van der Waals surface area contributed by atoms with Crippen molar-refractivity contribution in [3.8, 4) is 5.82 Å². The number of nitrogens with one attached hydrogen (secondary N) is 2. The van der Waals surface area contributed by atoms with Crippen LogP contribution in [-0.2, 0) is 19.3 Å². The van der Waals surface area contributed by atoms with Crippen molar-refractivity contribution in [1.82, 2.24) is 40.3 Å². The topological polar surface area (TPSA) is 133 Å². The third-order valence-electron chi connectivity index (χ3n) is 6.17. The maximum Gasteiger partial charge on any atom is 0.455 e. The zero-order chi connectivity index (χ0) is 31.6. The van der Waals surface area contributed by atoms with Gasteiger partial charge in [-0.15, -0.1) is 10.2 Å². The number of tetrazole rings is 1. The standard InChI is InChI=1S/C27H19Cl3F3N9O2/c1-14-8-9-18(29)21(25(44)35-12-15-5-2-3-6-17(15)28)22(14)36-24(43)20-11-16(13-41-39-26(37-40-41)27(31,32)33)38-42(20)23-19(30)7-4-10-34-23/h2-11H,12-13H2,1H3,(H,35,44)(H,36,43). The van der Waals surface area contributed by atoms with Crippen molar-refractivity contribution in [2.75, 3.05) is 5.32 Å². The molecule has 0 radical (unpaired) electrons. The van der Waals surface area contributed by atoms with Crippen LogP contribution in [0, 0.1) is 6.92 Å². The van der Waals surface area contributed by atoms with Gasteiger partial charge >= 0.3 is 6.18 Å². The number of benzene rings is 2. The highest BCUT2D eigenvalue weighted by atomic mass is 35.5. The summed E-state index contributed by atoms with van der Waals surface area (Å²) < 4.78 is 40.0. The first kappa shape index (κ1) is 30.9. The number of hydrogen-bond acceptors (Lipinski definition) is 7. The van der Waals surface area contributed by atoms with Crippen molar-refractivity contribution >= 4 is 52.3 Å². The summed E-state index contributed by atoms with van der Waals surface area (Å²) in [5.41, 5.74) is 1.28. The highest BCUT2D eigenvalue weighted by molar-refractivity contribution is 6.35. The normalized spacial score (nSPS) is 11.4. The lowest BCUT2D eigenvalue weighted by Crippen LogP contribution is -2.26. The maximum absolute atomic E-state index is 13.7. The van der Waals surface area contributed by atoms with E-state index in [2.05, 4.69) is 36.1 Å². The van der Waals surface area contributed by atoms with E-state index in [4.69, 9.17) is 34.8 Å². The molecule has 3 heterocycles. The predicted octanol–water partition coefficient (Wildman–Crippen LogP) is 5.77. The number of carbonyl (C=O) groups excluding carboxylic acids is 2. The van der Waals surface area contributed by atoms with Gasteiger partial charge in [0.15, 0.2) is 5.82 Å². The zero-order valence-electron chi connectivity index (χ0n) is 22.4. The average Bonchev–Trinajstić information content (AvgIpc) is 3.63. The number of carbonyl (C=O) groups is 2. The Morgan fingerprint density at radius 3 is 2.39 bits per heavy atom. The number of pyridine rings is 1. The molecule has 0 fully saturated rings. The fourth-order valence-electron chi connectivity index (χ4n) is 4.08. The SMILES string of the molecule is Cc1ccc(Cl)c(C(=O)NCc2ccccc2Cl)c1NC(=O)c1cc(Cn2nnc(C(F)(F)F)n2)nn1-c1ncccc1Cl. The molecule has 0 saturated heterocycles. The highest BCUT2D eigenvalue weighted by Gasteiger charge is 2.37. The molecule has 0 saturated carbocycles. The molecule has 0 aliphatic heterocycles. The van der Waals surface area contributed by atoms with Crippen molar-refractivity contribution < 1.29 is 22.8 Å². The Morgan fingerprint density at radius 2 is 1.68 bits per heavy atom. The predicted molar refractivity (Wildman–Crippen MR) is 155 cm³/mol. The summed E-state index contributed by atoms with van der Waals surface area (Å²) >= 11 is 19.0. The smallest absolute Gasteiger partial charge is 0.348 e. The number of anilines is 1. The fourth-order valence-corrected chi connectivity index (χ4v) is 4.73. The molecule has 0 unspecified atom stereocenters. The van der Waals surface area contributed by atoms with Crippen LogP contribution < -0.4 is 10.6 Å². The quantitative estimate of drug-likeness (QED) is 0.215. The van der Waals surface area contributed by atoms with Crippen LogP contribution in [0.1, 0.15) is 43.5 Å². The largest absolute Gasteiger partial charge is 0.455 e. The van der Waals surface area contributed by atoms with Crippen molar-refractivity contribution in [2.45, 2.75) is 26.2 Å². The third kappa shape index (κ3) is 6.67.